The first-order valence-corrected chi connectivity index (χ1v) is 9.02. The first-order valence-electron chi connectivity index (χ1n) is 9.02. The number of piperidine rings is 1. The van der Waals surface area contributed by atoms with E-state index in [1.165, 1.54) is 19.3 Å². The van der Waals surface area contributed by atoms with Crippen LogP contribution in [0.1, 0.15) is 82.3 Å². The molecule has 0 bridgehead atoms. The van der Waals surface area contributed by atoms with Crippen molar-refractivity contribution in [3.8, 4) is 0 Å². The Morgan fingerprint density at radius 1 is 1.22 bits per heavy atom. The summed E-state index contributed by atoms with van der Waals surface area (Å²) >= 11 is 0. The molecule has 1 N–H and O–H groups in total. The molecule has 1 aromatic heterocycles. The number of hydrogen-bond acceptors (Lipinski definition) is 4. The van der Waals surface area contributed by atoms with E-state index < -0.39 is 0 Å². The van der Waals surface area contributed by atoms with Crippen molar-refractivity contribution in [1.82, 2.24) is 20.4 Å². The van der Waals surface area contributed by atoms with Gasteiger partial charge in [-0.25, -0.2) is 4.79 Å². The Kier molecular flexibility index (Phi) is 5.18. The van der Waals surface area contributed by atoms with Crippen LogP contribution in [-0.2, 0) is 0 Å². The predicted molar refractivity (Wildman–Crippen MR) is 87.3 cm³/mol. The van der Waals surface area contributed by atoms with Gasteiger partial charge in [0.05, 0.1) is 5.92 Å². The lowest BCUT2D eigenvalue weighted by Crippen LogP contribution is -2.48. The smallest absolute Gasteiger partial charge is 0.317 e. The first kappa shape index (κ1) is 16.3. The molecule has 6 heteroatoms. The minimum Gasteiger partial charge on any atom is -0.339 e. The Bertz CT molecular complexity index is 522. The van der Waals surface area contributed by atoms with E-state index in [0.29, 0.717) is 18.5 Å². The van der Waals surface area contributed by atoms with Gasteiger partial charge in [-0.2, -0.15) is 4.98 Å². The summed E-state index contributed by atoms with van der Waals surface area (Å²) in [4.78, 5) is 18.9. The summed E-state index contributed by atoms with van der Waals surface area (Å²) in [5, 5.41) is 7.25. The molecule has 1 atom stereocenters. The van der Waals surface area contributed by atoms with E-state index in [-0.39, 0.29) is 17.9 Å². The van der Waals surface area contributed by atoms with Crippen LogP contribution in [0, 0.1) is 0 Å². The van der Waals surface area contributed by atoms with E-state index in [0.717, 1.165) is 38.1 Å². The van der Waals surface area contributed by atoms with Gasteiger partial charge in [-0.05, 0) is 25.7 Å². The number of hydrogen-bond donors (Lipinski definition) is 1. The third kappa shape index (κ3) is 4.03. The summed E-state index contributed by atoms with van der Waals surface area (Å²) in [6.45, 7) is 5.61. The number of nitrogens with one attached hydrogen (secondary N) is 1. The third-order valence-electron chi connectivity index (χ3n) is 4.96. The van der Waals surface area contributed by atoms with Crippen LogP contribution in [0.5, 0.6) is 0 Å². The number of aromatic nitrogens is 2. The van der Waals surface area contributed by atoms with Crippen LogP contribution in [0.2, 0.25) is 0 Å². The minimum atomic E-state index is 0.0743. The van der Waals surface area contributed by atoms with Gasteiger partial charge in [0.15, 0.2) is 5.82 Å². The van der Waals surface area contributed by atoms with Crippen molar-refractivity contribution in [3.63, 3.8) is 0 Å². The fraction of sp³-hybridized carbons (Fsp3) is 0.824. The van der Waals surface area contributed by atoms with Crippen LogP contribution in [0.3, 0.4) is 0 Å². The SMILES string of the molecule is CC(C)c1noc([C@H]2CCCN(C(=O)NC3CCCCC3)C2)n1. The second-order valence-electron chi connectivity index (χ2n) is 7.22. The monoisotopic (exact) mass is 320 g/mol. The quantitative estimate of drug-likeness (QED) is 0.926. The highest BCUT2D eigenvalue weighted by atomic mass is 16.5. The Balaban J connectivity index is 1.57. The molecule has 0 spiro atoms. The highest BCUT2D eigenvalue weighted by molar-refractivity contribution is 5.74. The minimum absolute atomic E-state index is 0.0743. The van der Waals surface area contributed by atoms with Gasteiger partial charge < -0.3 is 14.7 Å². The Morgan fingerprint density at radius 2 is 2.00 bits per heavy atom. The van der Waals surface area contributed by atoms with Gasteiger partial charge in [0, 0.05) is 25.0 Å². The molecule has 3 rings (SSSR count). The standard InChI is InChI=1S/C17H28N4O2/c1-12(2)15-19-16(23-20-15)13-7-6-10-21(11-13)17(22)18-14-8-4-3-5-9-14/h12-14H,3-11H2,1-2H3,(H,18,22)/t13-/m0/s1. The van der Waals surface area contributed by atoms with Crippen molar-refractivity contribution in [2.45, 2.75) is 76.7 Å². The molecular formula is C17H28N4O2. The molecule has 1 aliphatic carbocycles. The summed E-state index contributed by atoms with van der Waals surface area (Å²) in [6, 6.07) is 0.428. The average Bonchev–Trinajstić information content (AvgIpc) is 3.06. The second-order valence-corrected chi connectivity index (χ2v) is 7.22. The number of amides is 2. The van der Waals surface area contributed by atoms with Crippen LogP contribution in [-0.4, -0.2) is 40.2 Å². The van der Waals surface area contributed by atoms with Gasteiger partial charge in [0.1, 0.15) is 0 Å². The average molecular weight is 320 g/mol. The van der Waals surface area contributed by atoms with E-state index in [2.05, 4.69) is 29.3 Å². The fourth-order valence-corrected chi connectivity index (χ4v) is 3.52. The Morgan fingerprint density at radius 3 is 2.70 bits per heavy atom. The number of carbonyl (C=O) groups excluding carboxylic acids is 1. The van der Waals surface area contributed by atoms with Crippen molar-refractivity contribution >= 4 is 6.03 Å². The van der Waals surface area contributed by atoms with Crippen molar-refractivity contribution in [1.29, 1.82) is 0 Å². The lowest BCUT2D eigenvalue weighted by Gasteiger charge is -2.33. The van der Waals surface area contributed by atoms with E-state index in [4.69, 9.17) is 4.52 Å². The highest BCUT2D eigenvalue weighted by Gasteiger charge is 2.29. The summed E-state index contributed by atoms with van der Waals surface area (Å²) in [7, 11) is 0. The van der Waals surface area contributed by atoms with Crippen LogP contribution >= 0.6 is 0 Å². The third-order valence-corrected chi connectivity index (χ3v) is 4.96. The molecule has 1 aliphatic heterocycles. The normalized spacial score (nSPS) is 23.3. The molecule has 2 fully saturated rings. The van der Waals surface area contributed by atoms with Gasteiger partial charge in [0.25, 0.3) is 0 Å². The molecule has 2 heterocycles. The summed E-state index contributed by atoms with van der Waals surface area (Å²) in [5.74, 6) is 1.87. The molecular weight excluding hydrogens is 292 g/mol. The lowest BCUT2D eigenvalue weighted by molar-refractivity contribution is 0.166. The number of nitrogens with zero attached hydrogens (tertiary/aromatic N) is 3. The van der Waals surface area contributed by atoms with Crippen molar-refractivity contribution in [3.05, 3.63) is 11.7 Å². The number of carbonyl (C=O) groups is 1. The van der Waals surface area contributed by atoms with E-state index in [9.17, 15) is 4.79 Å². The van der Waals surface area contributed by atoms with E-state index in [1.54, 1.807) is 0 Å². The number of rotatable bonds is 3. The molecule has 2 amide bonds. The number of urea groups is 1. The Hall–Kier alpha value is -1.59. The number of likely N-dealkylation sites (tertiary alicyclic amines) is 1. The maximum Gasteiger partial charge on any atom is 0.317 e. The zero-order valence-corrected chi connectivity index (χ0v) is 14.3. The van der Waals surface area contributed by atoms with Crippen LogP contribution in [0.4, 0.5) is 4.79 Å². The zero-order chi connectivity index (χ0) is 16.2. The maximum absolute atomic E-state index is 12.5. The fourth-order valence-electron chi connectivity index (χ4n) is 3.52. The summed E-state index contributed by atoms with van der Waals surface area (Å²) in [5.41, 5.74) is 0. The molecule has 128 valence electrons. The lowest BCUT2D eigenvalue weighted by atomic mass is 9.95. The predicted octanol–water partition coefficient (Wildman–Crippen LogP) is 3.41. The van der Waals surface area contributed by atoms with Gasteiger partial charge in [-0.1, -0.05) is 38.3 Å². The van der Waals surface area contributed by atoms with Crippen LogP contribution < -0.4 is 5.32 Å². The summed E-state index contributed by atoms with van der Waals surface area (Å²) in [6.07, 6.45) is 7.98. The molecule has 0 aromatic carbocycles. The van der Waals surface area contributed by atoms with E-state index >= 15 is 0 Å². The Labute approximate surface area is 138 Å². The molecule has 0 radical (unpaired) electrons. The largest absolute Gasteiger partial charge is 0.339 e. The first-order chi connectivity index (χ1) is 11.1. The second kappa shape index (κ2) is 7.32. The molecule has 1 aromatic rings. The van der Waals surface area contributed by atoms with Gasteiger partial charge >= 0.3 is 6.03 Å². The molecule has 0 unspecified atom stereocenters. The topological polar surface area (TPSA) is 71.3 Å². The van der Waals surface area contributed by atoms with Crippen LogP contribution in [0.25, 0.3) is 0 Å². The van der Waals surface area contributed by atoms with Gasteiger partial charge in [-0.3, -0.25) is 0 Å². The van der Waals surface area contributed by atoms with Gasteiger partial charge in [0.2, 0.25) is 5.89 Å². The highest BCUT2D eigenvalue weighted by Crippen LogP contribution is 2.27. The molecule has 1 saturated carbocycles. The zero-order valence-electron chi connectivity index (χ0n) is 14.3. The van der Waals surface area contributed by atoms with Gasteiger partial charge in [-0.15, -0.1) is 0 Å². The summed E-state index contributed by atoms with van der Waals surface area (Å²) < 4.78 is 5.42. The maximum atomic E-state index is 12.5. The van der Waals surface area contributed by atoms with Crippen molar-refractivity contribution in [2.24, 2.45) is 0 Å². The molecule has 2 aliphatic rings. The van der Waals surface area contributed by atoms with E-state index in [1.807, 2.05) is 4.90 Å². The van der Waals surface area contributed by atoms with Crippen molar-refractivity contribution in [2.75, 3.05) is 13.1 Å². The van der Waals surface area contributed by atoms with Crippen LogP contribution in [0.15, 0.2) is 4.52 Å². The molecule has 23 heavy (non-hydrogen) atoms. The molecule has 1 saturated heterocycles. The molecule has 6 nitrogen and oxygen atoms in total. The van der Waals surface area contributed by atoms with Crippen molar-refractivity contribution < 1.29 is 9.32 Å².